The maximum atomic E-state index is 10.9. The minimum atomic E-state index is -1.79. The molecule has 124 valence electrons. The Hall–Kier alpha value is 0.230. The summed E-state index contributed by atoms with van der Waals surface area (Å²) in [5, 5.41) is 39.8. The maximum absolute atomic E-state index is 10.9. The zero-order valence-corrected chi connectivity index (χ0v) is 15.2. The molecule has 22 heavy (non-hydrogen) atoms. The molecule has 6 unspecified atom stereocenters. The van der Waals surface area contributed by atoms with Gasteiger partial charge in [0.25, 0.3) is 0 Å². The van der Waals surface area contributed by atoms with Gasteiger partial charge in [-0.3, -0.25) is 0 Å². The third-order valence-electron chi connectivity index (χ3n) is 3.39. The third-order valence-corrected chi connectivity index (χ3v) is 3.39. The van der Waals surface area contributed by atoms with Crippen LogP contribution in [0.3, 0.4) is 0 Å². The van der Waals surface area contributed by atoms with Crippen molar-refractivity contribution < 1.29 is 69.0 Å². The Labute approximate surface area is 151 Å². The Balaban J connectivity index is 0.00000441. The molecule has 0 aliphatic carbocycles. The Morgan fingerprint density at radius 1 is 1.23 bits per heavy atom. The number of aliphatic carboxylic acids is 1. The summed E-state index contributed by atoms with van der Waals surface area (Å²) in [5.74, 6) is -1.69. The van der Waals surface area contributed by atoms with Gasteiger partial charge in [-0.1, -0.05) is 19.8 Å². The van der Waals surface area contributed by atoms with E-state index in [0.29, 0.717) is 6.42 Å². The number of hydrogen-bond donors (Lipinski definition) is 3. The average molecular weight is 330 g/mol. The molecule has 8 nitrogen and oxygen atoms in total. The molecule has 1 fully saturated rings. The van der Waals surface area contributed by atoms with Crippen molar-refractivity contribution in [2.24, 2.45) is 0 Å². The summed E-state index contributed by atoms with van der Waals surface area (Å²) >= 11 is 0. The topological polar surface area (TPSA) is 129 Å². The normalized spacial score (nSPS) is 33.0. The Morgan fingerprint density at radius 2 is 1.86 bits per heavy atom. The molecule has 0 bridgehead atoms. The van der Waals surface area contributed by atoms with E-state index < -0.39 is 43.0 Å². The van der Waals surface area contributed by atoms with Crippen molar-refractivity contribution in [2.45, 2.75) is 69.6 Å². The minimum Gasteiger partial charge on any atom is -0.547 e. The van der Waals surface area contributed by atoms with Crippen molar-refractivity contribution in [3.8, 4) is 0 Å². The molecule has 1 aliphatic heterocycles. The van der Waals surface area contributed by atoms with Crippen LogP contribution in [0.25, 0.3) is 0 Å². The molecule has 1 rings (SSSR count). The van der Waals surface area contributed by atoms with Gasteiger partial charge in [0.05, 0.1) is 5.97 Å². The number of methoxy groups -OCH3 is 1. The maximum Gasteiger partial charge on any atom is 1.00 e. The van der Waals surface area contributed by atoms with E-state index in [2.05, 4.69) is 0 Å². The molecule has 1 saturated heterocycles. The first-order valence-corrected chi connectivity index (χ1v) is 7.01. The van der Waals surface area contributed by atoms with Crippen molar-refractivity contribution in [1.29, 1.82) is 0 Å². The van der Waals surface area contributed by atoms with Gasteiger partial charge in [0.15, 0.2) is 12.6 Å². The zero-order chi connectivity index (χ0) is 16.0. The SMILES string of the molecule is CCCCCC(OC)OC1OC(C(=O)[O-])C(O)C(O)C1O.[Na+]. The first-order valence-electron chi connectivity index (χ1n) is 7.01. The van der Waals surface area contributed by atoms with Gasteiger partial charge in [-0.15, -0.1) is 0 Å². The van der Waals surface area contributed by atoms with E-state index in [9.17, 15) is 25.2 Å². The van der Waals surface area contributed by atoms with Crippen molar-refractivity contribution in [3.05, 3.63) is 0 Å². The number of ether oxygens (including phenoxy) is 3. The fraction of sp³-hybridized carbons (Fsp3) is 0.923. The number of carbonyl (C=O) groups excluding carboxylic acids is 1. The van der Waals surface area contributed by atoms with Crippen LogP contribution in [0.2, 0.25) is 0 Å². The standard InChI is InChI=1S/C13H24O8.Na/c1-3-4-5-6-7(19-2)20-13-10(16)8(14)9(15)11(21-13)12(17)18;/h7-11,13-16H,3-6H2,1-2H3,(H,17,18);/q;+1/p-1. The fourth-order valence-corrected chi connectivity index (χ4v) is 2.11. The number of rotatable bonds is 8. The molecule has 1 aliphatic rings. The second-order valence-corrected chi connectivity index (χ2v) is 5.01. The van der Waals surface area contributed by atoms with Gasteiger partial charge < -0.3 is 39.4 Å². The van der Waals surface area contributed by atoms with Gasteiger partial charge in [-0.2, -0.15) is 0 Å². The quantitative estimate of drug-likeness (QED) is 0.230. The van der Waals surface area contributed by atoms with Gasteiger partial charge in [-0.05, 0) is 12.8 Å². The van der Waals surface area contributed by atoms with E-state index in [4.69, 9.17) is 14.2 Å². The van der Waals surface area contributed by atoms with Crippen LogP contribution in [0, 0.1) is 0 Å². The molecule has 0 amide bonds. The summed E-state index contributed by atoms with van der Waals surface area (Å²) in [5.41, 5.74) is 0. The number of unbranched alkanes of at least 4 members (excludes halogenated alkanes) is 2. The second-order valence-electron chi connectivity index (χ2n) is 5.01. The van der Waals surface area contributed by atoms with Crippen LogP contribution in [0.1, 0.15) is 32.6 Å². The van der Waals surface area contributed by atoms with E-state index in [0.717, 1.165) is 19.3 Å². The van der Waals surface area contributed by atoms with Crippen LogP contribution in [-0.2, 0) is 19.0 Å². The number of carboxylic acids is 1. The average Bonchev–Trinajstić information content (AvgIpc) is 2.46. The number of aliphatic hydroxyl groups is 3. The summed E-state index contributed by atoms with van der Waals surface area (Å²) < 4.78 is 15.4. The van der Waals surface area contributed by atoms with Crippen molar-refractivity contribution in [1.82, 2.24) is 0 Å². The Bertz CT molecular complexity index is 329. The molecule has 0 aromatic rings. The third kappa shape index (κ3) is 6.03. The Morgan fingerprint density at radius 3 is 2.36 bits per heavy atom. The summed E-state index contributed by atoms with van der Waals surface area (Å²) in [4.78, 5) is 10.9. The number of carboxylic acid groups (broad SMARTS) is 1. The molecule has 0 aromatic carbocycles. The van der Waals surface area contributed by atoms with Gasteiger partial charge in [-0.25, -0.2) is 0 Å². The molecule has 3 N–H and O–H groups in total. The molecule has 1 heterocycles. The largest absolute Gasteiger partial charge is 1.00 e. The van der Waals surface area contributed by atoms with Crippen molar-refractivity contribution in [3.63, 3.8) is 0 Å². The summed E-state index contributed by atoms with van der Waals surface area (Å²) in [6, 6.07) is 0. The number of carbonyl (C=O) groups is 1. The van der Waals surface area contributed by atoms with Gasteiger partial charge in [0.2, 0.25) is 0 Å². The second kappa shape index (κ2) is 10.9. The summed E-state index contributed by atoms with van der Waals surface area (Å²) in [6.45, 7) is 2.04. The van der Waals surface area contributed by atoms with Crippen LogP contribution in [0.4, 0.5) is 0 Å². The first-order chi connectivity index (χ1) is 9.92. The van der Waals surface area contributed by atoms with Gasteiger partial charge >= 0.3 is 29.6 Å². The molecular formula is C13H23NaO8. The molecule has 6 atom stereocenters. The predicted octanol–water partition coefficient (Wildman–Crippen LogP) is -4.88. The predicted molar refractivity (Wildman–Crippen MR) is 67.7 cm³/mol. The van der Waals surface area contributed by atoms with E-state index in [1.165, 1.54) is 7.11 Å². The van der Waals surface area contributed by atoms with Gasteiger partial charge in [0.1, 0.15) is 24.4 Å². The molecule has 0 spiro atoms. The molecule has 0 aromatic heterocycles. The monoisotopic (exact) mass is 330 g/mol. The van der Waals surface area contributed by atoms with Crippen LogP contribution < -0.4 is 34.7 Å². The van der Waals surface area contributed by atoms with Crippen LogP contribution in [0.15, 0.2) is 0 Å². The zero-order valence-electron chi connectivity index (χ0n) is 13.2. The van der Waals surface area contributed by atoms with Crippen molar-refractivity contribution >= 4 is 5.97 Å². The van der Waals surface area contributed by atoms with E-state index in [1.54, 1.807) is 0 Å². The number of aliphatic hydroxyl groups excluding tert-OH is 3. The number of hydrogen-bond acceptors (Lipinski definition) is 8. The van der Waals surface area contributed by atoms with Crippen LogP contribution in [-0.4, -0.2) is 65.4 Å². The molecule has 0 radical (unpaired) electrons. The fourth-order valence-electron chi connectivity index (χ4n) is 2.11. The van der Waals surface area contributed by atoms with E-state index in [1.807, 2.05) is 6.92 Å². The first kappa shape index (κ1) is 22.2. The summed E-state index contributed by atoms with van der Waals surface area (Å²) in [6.07, 6.45) is -5.64. The van der Waals surface area contributed by atoms with Crippen LogP contribution in [0.5, 0.6) is 0 Å². The molecule has 9 heteroatoms. The van der Waals surface area contributed by atoms with E-state index >= 15 is 0 Å². The summed E-state index contributed by atoms with van der Waals surface area (Å²) in [7, 11) is 1.41. The van der Waals surface area contributed by atoms with E-state index in [-0.39, 0.29) is 29.6 Å². The minimum absolute atomic E-state index is 0. The molecular weight excluding hydrogens is 307 g/mol. The van der Waals surface area contributed by atoms with Crippen molar-refractivity contribution in [2.75, 3.05) is 7.11 Å². The Kier molecular flexibility index (Phi) is 11.0. The smallest absolute Gasteiger partial charge is 0.547 e. The van der Waals surface area contributed by atoms with Gasteiger partial charge in [0, 0.05) is 7.11 Å². The van der Waals surface area contributed by atoms with Crippen LogP contribution >= 0.6 is 0 Å². The molecule has 0 saturated carbocycles.